The van der Waals surface area contributed by atoms with E-state index in [4.69, 9.17) is 4.74 Å². The summed E-state index contributed by atoms with van der Waals surface area (Å²) in [5, 5.41) is 13.5. The SMILES string of the molecule is Cc1cc(OC(C)N2CCNCC2c2ccccn2)c(C(C)C)cc1O.Cl.Cl. The van der Waals surface area contributed by atoms with Crippen molar-refractivity contribution in [2.24, 2.45) is 0 Å². The number of nitrogens with zero attached hydrogens (tertiary/aromatic N) is 2. The largest absolute Gasteiger partial charge is 0.508 e. The van der Waals surface area contributed by atoms with E-state index in [-0.39, 0.29) is 43.0 Å². The molecule has 2 unspecified atom stereocenters. The van der Waals surface area contributed by atoms with Crippen molar-refractivity contribution in [1.82, 2.24) is 15.2 Å². The summed E-state index contributed by atoms with van der Waals surface area (Å²) in [5.74, 6) is 1.45. The van der Waals surface area contributed by atoms with Crippen LogP contribution in [0.1, 0.15) is 49.6 Å². The molecule has 0 saturated carbocycles. The molecule has 3 rings (SSSR count). The smallest absolute Gasteiger partial charge is 0.150 e. The fraction of sp³-hybridized carbons (Fsp3) is 0.476. The summed E-state index contributed by atoms with van der Waals surface area (Å²) in [6.07, 6.45) is 1.75. The van der Waals surface area contributed by atoms with Gasteiger partial charge in [0.25, 0.3) is 0 Å². The molecule has 0 aliphatic carbocycles. The number of pyridine rings is 1. The van der Waals surface area contributed by atoms with Gasteiger partial charge in [-0.3, -0.25) is 9.88 Å². The zero-order valence-electron chi connectivity index (χ0n) is 16.9. The van der Waals surface area contributed by atoms with Crippen molar-refractivity contribution in [2.45, 2.75) is 45.9 Å². The van der Waals surface area contributed by atoms with Crippen molar-refractivity contribution in [2.75, 3.05) is 19.6 Å². The average molecular weight is 428 g/mol. The van der Waals surface area contributed by atoms with Gasteiger partial charge in [-0.1, -0.05) is 19.9 Å². The fourth-order valence-corrected chi connectivity index (χ4v) is 3.49. The van der Waals surface area contributed by atoms with Gasteiger partial charge in [0.1, 0.15) is 17.7 Å². The average Bonchev–Trinajstić information content (AvgIpc) is 2.65. The van der Waals surface area contributed by atoms with Crippen molar-refractivity contribution in [3.05, 3.63) is 53.3 Å². The highest BCUT2D eigenvalue weighted by Crippen LogP contribution is 2.34. The van der Waals surface area contributed by atoms with Gasteiger partial charge in [0, 0.05) is 31.4 Å². The summed E-state index contributed by atoms with van der Waals surface area (Å²) in [6, 6.07) is 10.00. The van der Waals surface area contributed by atoms with E-state index in [2.05, 4.69) is 42.0 Å². The number of piperazine rings is 1. The lowest BCUT2D eigenvalue weighted by molar-refractivity contribution is -0.00770. The summed E-state index contributed by atoms with van der Waals surface area (Å²) in [7, 11) is 0. The summed E-state index contributed by atoms with van der Waals surface area (Å²) in [4.78, 5) is 6.90. The van der Waals surface area contributed by atoms with Crippen LogP contribution in [0, 0.1) is 6.92 Å². The van der Waals surface area contributed by atoms with Gasteiger partial charge in [-0.15, -0.1) is 24.8 Å². The van der Waals surface area contributed by atoms with Crippen molar-refractivity contribution < 1.29 is 9.84 Å². The first kappa shape index (κ1) is 24.5. The second-order valence-corrected chi connectivity index (χ2v) is 7.26. The monoisotopic (exact) mass is 427 g/mol. The third-order valence-electron chi connectivity index (χ3n) is 5.03. The van der Waals surface area contributed by atoms with Crippen LogP contribution in [-0.2, 0) is 0 Å². The number of rotatable bonds is 5. The maximum atomic E-state index is 10.1. The molecule has 7 heteroatoms. The van der Waals surface area contributed by atoms with Crippen LogP contribution in [0.25, 0.3) is 0 Å². The van der Waals surface area contributed by atoms with Crippen LogP contribution in [0.3, 0.4) is 0 Å². The van der Waals surface area contributed by atoms with Gasteiger partial charge in [0.05, 0.1) is 11.7 Å². The topological polar surface area (TPSA) is 57.6 Å². The number of hydrogen-bond donors (Lipinski definition) is 2. The van der Waals surface area contributed by atoms with E-state index < -0.39 is 0 Å². The highest BCUT2D eigenvalue weighted by atomic mass is 35.5. The Labute approximate surface area is 180 Å². The quantitative estimate of drug-likeness (QED) is 0.738. The van der Waals surface area contributed by atoms with Gasteiger partial charge in [-0.05, 0) is 49.6 Å². The third kappa shape index (κ3) is 5.51. The Morgan fingerprint density at radius 2 is 1.96 bits per heavy atom. The molecule has 2 heterocycles. The molecule has 156 valence electrons. The second-order valence-electron chi connectivity index (χ2n) is 7.26. The molecular formula is C21H31Cl2N3O2. The molecule has 1 aromatic heterocycles. The third-order valence-corrected chi connectivity index (χ3v) is 5.03. The van der Waals surface area contributed by atoms with Gasteiger partial charge >= 0.3 is 0 Å². The molecule has 5 nitrogen and oxygen atoms in total. The Morgan fingerprint density at radius 3 is 2.61 bits per heavy atom. The highest BCUT2D eigenvalue weighted by molar-refractivity contribution is 5.85. The first-order chi connectivity index (χ1) is 12.5. The lowest BCUT2D eigenvalue weighted by Gasteiger charge is -2.39. The van der Waals surface area contributed by atoms with Crippen molar-refractivity contribution in [1.29, 1.82) is 0 Å². The summed E-state index contributed by atoms with van der Waals surface area (Å²) in [6.45, 7) is 10.9. The number of ether oxygens (including phenoxy) is 1. The molecule has 0 bridgehead atoms. The van der Waals surface area contributed by atoms with Crippen molar-refractivity contribution in [3.63, 3.8) is 0 Å². The lowest BCUT2D eigenvalue weighted by atomic mass is 10.00. The summed E-state index contributed by atoms with van der Waals surface area (Å²) in [5.41, 5.74) is 2.92. The summed E-state index contributed by atoms with van der Waals surface area (Å²) < 4.78 is 6.39. The number of phenols is 1. The van der Waals surface area contributed by atoms with Gasteiger partial charge in [-0.2, -0.15) is 0 Å². The molecule has 28 heavy (non-hydrogen) atoms. The Balaban J connectivity index is 0.00000196. The van der Waals surface area contributed by atoms with E-state index in [1.54, 1.807) is 0 Å². The molecule has 2 aromatic rings. The van der Waals surface area contributed by atoms with E-state index in [0.29, 0.717) is 5.75 Å². The maximum Gasteiger partial charge on any atom is 0.150 e. The van der Waals surface area contributed by atoms with Crippen LogP contribution in [-0.4, -0.2) is 40.9 Å². The number of aromatic hydroxyl groups is 1. The standard InChI is InChI=1S/C21H29N3O2.2ClH/c1-14(2)17-12-20(25)15(3)11-21(17)26-16(4)24-10-9-22-13-19(24)18-7-5-6-8-23-18;;/h5-8,11-12,14,16,19,22,25H,9-10,13H2,1-4H3;2*1H. The van der Waals surface area contributed by atoms with Crippen LogP contribution in [0.2, 0.25) is 0 Å². The molecule has 0 spiro atoms. The van der Waals surface area contributed by atoms with E-state index in [1.165, 1.54) is 0 Å². The van der Waals surface area contributed by atoms with Crippen LogP contribution in [0.15, 0.2) is 36.5 Å². The van der Waals surface area contributed by atoms with Gasteiger partial charge < -0.3 is 15.2 Å². The van der Waals surface area contributed by atoms with Crippen molar-refractivity contribution in [3.8, 4) is 11.5 Å². The Kier molecular flexibility index (Phi) is 9.51. The van der Waals surface area contributed by atoms with Gasteiger partial charge in [-0.25, -0.2) is 0 Å². The van der Waals surface area contributed by atoms with Crippen LogP contribution in [0.4, 0.5) is 0 Å². The first-order valence-corrected chi connectivity index (χ1v) is 9.35. The van der Waals surface area contributed by atoms with E-state index in [0.717, 1.165) is 42.2 Å². The minimum absolute atomic E-state index is 0. The van der Waals surface area contributed by atoms with Crippen LogP contribution >= 0.6 is 24.8 Å². The molecule has 1 aliphatic heterocycles. The number of hydrogen-bond acceptors (Lipinski definition) is 5. The number of aromatic nitrogens is 1. The summed E-state index contributed by atoms with van der Waals surface area (Å²) >= 11 is 0. The minimum atomic E-state index is -0.0921. The number of nitrogens with one attached hydrogen (secondary N) is 1. The molecule has 2 N–H and O–H groups in total. The van der Waals surface area contributed by atoms with Crippen LogP contribution < -0.4 is 10.1 Å². The maximum absolute atomic E-state index is 10.1. The molecule has 1 fully saturated rings. The Bertz CT molecular complexity index is 744. The predicted molar refractivity (Wildman–Crippen MR) is 118 cm³/mol. The highest BCUT2D eigenvalue weighted by Gasteiger charge is 2.30. The van der Waals surface area contributed by atoms with Crippen molar-refractivity contribution >= 4 is 24.8 Å². The number of phenolic OH excluding ortho intramolecular Hbond substituents is 1. The normalized spacial score (nSPS) is 18.1. The number of aryl methyl sites for hydroxylation is 1. The molecule has 1 aromatic carbocycles. The first-order valence-electron chi connectivity index (χ1n) is 9.35. The number of halogens is 2. The number of benzene rings is 1. The molecule has 1 aliphatic rings. The Morgan fingerprint density at radius 1 is 1.21 bits per heavy atom. The fourth-order valence-electron chi connectivity index (χ4n) is 3.49. The molecule has 2 atom stereocenters. The molecule has 0 amide bonds. The zero-order valence-corrected chi connectivity index (χ0v) is 18.5. The molecular weight excluding hydrogens is 397 g/mol. The zero-order chi connectivity index (χ0) is 18.7. The van der Waals surface area contributed by atoms with Gasteiger partial charge in [0.15, 0.2) is 0 Å². The Hall–Kier alpha value is -1.53. The van der Waals surface area contributed by atoms with E-state index in [1.807, 2.05) is 37.4 Å². The van der Waals surface area contributed by atoms with Crippen LogP contribution in [0.5, 0.6) is 11.5 Å². The van der Waals surface area contributed by atoms with E-state index in [9.17, 15) is 5.11 Å². The minimum Gasteiger partial charge on any atom is -0.508 e. The molecule has 0 radical (unpaired) electrons. The molecule has 1 saturated heterocycles. The second kappa shape index (κ2) is 10.9. The predicted octanol–water partition coefficient (Wildman–Crippen LogP) is 4.43. The van der Waals surface area contributed by atoms with E-state index >= 15 is 0 Å². The lowest BCUT2D eigenvalue weighted by Crippen LogP contribution is -2.51. The van der Waals surface area contributed by atoms with Gasteiger partial charge in [0.2, 0.25) is 0 Å².